The molecule has 28 heavy (non-hydrogen) atoms. The van der Waals surface area contributed by atoms with E-state index in [9.17, 15) is 27.6 Å². The van der Waals surface area contributed by atoms with Gasteiger partial charge in [0, 0.05) is 11.1 Å². The zero-order valence-corrected chi connectivity index (χ0v) is 15.1. The lowest BCUT2D eigenvalue weighted by molar-refractivity contribution is -0.137. The number of nitrogens with zero attached hydrogens (tertiary/aromatic N) is 2. The van der Waals surface area contributed by atoms with Crippen molar-refractivity contribution >= 4 is 29.0 Å². The maximum atomic E-state index is 13.0. The highest BCUT2D eigenvalue weighted by atomic mass is 35.5. The molecule has 0 radical (unpaired) electrons. The van der Waals surface area contributed by atoms with E-state index in [2.05, 4.69) is 5.10 Å². The number of alkyl halides is 3. The molecule has 0 unspecified atom stereocenters. The first-order valence-electron chi connectivity index (χ1n) is 7.48. The van der Waals surface area contributed by atoms with E-state index in [0.717, 1.165) is 23.0 Å². The van der Waals surface area contributed by atoms with E-state index in [4.69, 9.17) is 23.2 Å². The molecule has 1 heterocycles. The van der Waals surface area contributed by atoms with Gasteiger partial charge in [0.25, 0.3) is 5.56 Å². The predicted octanol–water partition coefficient (Wildman–Crippen LogP) is 3.48. The van der Waals surface area contributed by atoms with Crippen LogP contribution >= 0.6 is 23.2 Å². The SMILES string of the molecule is O=C(c1ccc(Cl)c(C(F)(F)F)c1)c1cc(-n2ncc(=O)[nH]c2=O)ccc1Cl. The van der Waals surface area contributed by atoms with Gasteiger partial charge in [-0.15, -0.1) is 0 Å². The van der Waals surface area contributed by atoms with Crippen molar-refractivity contribution in [3.63, 3.8) is 0 Å². The quantitative estimate of drug-likeness (QED) is 0.645. The number of halogens is 5. The fourth-order valence-electron chi connectivity index (χ4n) is 2.40. The fourth-order valence-corrected chi connectivity index (χ4v) is 2.82. The molecule has 2 aromatic carbocycles. The van der Waals surface area contributed by atoms with Gasteiger partial charge in [0.1, 0.15) is 6.20 Å². The summed E-state index contributed by atoms with van der Waals surface area (Å²) in [6.45, 7) is 0. The maximum absolute atomic E-state index is 13.0. The minimum absolute atomic E-state index is 0.0465. The first-order valence-corrected chi connectivity index (χ1v) is 8.23. The van der Waals surface area contributed by atoms with Crippen LogP contribution in [0.4, 0.5) is 13.2 Å². The molecule has 0 atom stereocenters. The number of carbonyl (C=O) groups excluding carboxylic acids is 1. The van der Waals surface area contributed by atoms with Crippen molar-refractivity contribution in [2.24, 2.45) is 0 Å². The van der Waals surface area contributed by atoms with E-state index in [-0.39, 0.29) is 21.8 Å². The van der Waals surface area contributed by atoms with Gasteiger partial charge >= 0.3 is 11.9 Å². The maximum Gasteiger partial charge on any atom is 0.417 e. The second-order valence-electron chi connectivity index (χ2n) is 5.54. The average molecular weight is 430 g/mol. The topological polar surface area (TPSA) is 84.8 Å². The number of benzene rings is 2. The van der Waals surface area contributed by atoms with Crippen LogP contribution in [0.15, 0.2) is 52.2 Å². The van der Waals surface area contributed by atoms with Crippen molar-refractivity contribution in [3.8, 4) is 5.69 Å². The molecule has 3 aromatic rings. The van der Waals surface area contributed by atoms with E-state index in [1.54, 1.807) is 0 Å². The number of H-pyrrole nitrogens is 1. The molecule has 3 rings (SSSR count). The summed E-state index contributed by atoms with van der Waals surface area (Å²) < 4.78 is 39.9. The Morgan fingerprint density at radius 1 is 1.04 bits per heavy atom. The van der Waals surface area contributed by atoms with Gasteiger partial charge in [-0.25, -0.2) is 4.79 Å². The second kappa shape index (κ2) is 7.25. The molecule has 0 bridgehead atoms. The number of nitrogens with one attached hydrogen (secondary N) is 1. The molecule has 1 N–H and O–H groups in total. The Hall–Kier alpha value is -2.91. The van der Waals surface area contributed by atoms with Crippen LogP contribution in [-0.4, -0.2) is 20.5 Å². The molecular formula is C17H8Cl2F3N3O3. The molecule has 0 aliphatic heterocycles. The summed E-state index contributed by atoms with van der Waals surface area (Å²) in [6.07, 6.45) is -3.89. The lowest BCUT2D eigenvalue weighted by Crippen LogP contribution is -2.30. The summed E-state index contributed by atoms with van der Waals surface area (Å²) in [4.78, 5) is 37.7. The number of aromatic nitrogens is 3. The minimum atomic E-state index is -4.74. The van der Waals surface area contributed by atoms with E-state index in [1.165, 1.54) is 18.2 Å². The molecule has 0 saturated heterocycles. The third-order valence-corrected chi connectivity index (χ3v) is 4.35. The molecule has 11 heteroatoms. The highest BCUT2D eigenvalue weighted by Gasteiger charge is 2.34. The van der Waals surface area contributed by atoms with Crippen LogP contribution in [-0.2, 0) is 6.18 Å². The van der Waals surface area contributed by atoms with E-state index >= 15 is 0 Å². The summed E-state index contributed by atoms with van der Waals surface area (Å²) in [5.41, 5.74) is -3.11. The van der Waals surface area contributed by atoms with Crippen LogP contribution in [0.3, 0.4) is 0 Å². The largest absolute Gasteiger partial charge is 0.417 e. The molecule has 0 aliphatic rings. The molecule has 0 amide bonds. The summed E-state index contributed by atoms with van der Waals surface area (Å²) in [6, 6.07) is 6.53. The number of ketones is 1. The normalized spacial score (nSPS) is 11.5. The number of carbonyl (C=O) groups is 1. The van der Waals surface area contributed by atoms with E-state index in [1.807, 2.05) is 4.98 Å². The van der Waals surface area contributed by atoms with Crippen LogP contribution in [0.25, 0.3) is 5.69 Å². The van der Waals surface area contributed by atoms with Gasteiger partial charge in [-0.1, -0.05) is 23.2 Å². The highest BCUT2D eigenvalue weighted by molar-refractivity contribution is 6.35. The summed E-state index contributed by atoms with van der Waals surface area (Å²) >= 11 is 11.6. The average Bonchev–Trinajstić information content (AvgIpc) is 2.61. The third kappa shape index (κ3) is 3.85. The zero-order chi connectivity index (χ0) is 20.6. The number of hydrogen-bond donors (Lipinski definition) is 1. The van der Waals surface area contributed by atoms with Crippen molar-refractivity contribution < 1.29 is 18.0 Å². The lowest BCUT2D eigenvalue weighted by atomic mass is 10.0. The van der Waals surface area contributed by atoms with Gasteiger partial charge in [0.2, 0.25) is 0 Å². The molecule has 6 nitrogen and oxygen atoms in total. The van der Waals surface area contributed by atoms with E-state index in [0.29, 0.717) is 6.07 Å². The summed E-state index contributed by atoms with van der Waals surface area (Å²) in [7, 11) is 0. The Labute approximate surface area is 164 Å². The van der Waals surface area contributed by atoms with Crippen LogP contribution in [0, 0.1) is 0 Å². The van der Waals surface area contributed by atoms with Crippen molar-refractivity contribution in [1.29, 1.82) is 0 Å². The fraction of sp³-hybridized carbons (Fsp3) is 0.0588. The van der Waals surface area contributed by atoms with Gasteiger partial charge in [-0.2, -0.15) is 23.0 Å². The number of aromatic amines is 1. The molecule has 0 spiro atoms. The van der Waals surface area contributed by atoms with Crippen LogP contribution < -0.4 is 11.2 Å². The first kappa shape index (κ1) is 19.8. The standard InChI is InChI=1S/C17H8Cl2F3N3O3/c18-12-4-2-9(25-16(28)24-14(26)7-23-25)6-10(12)15(27)8-1-3-13(19)11(5-8)17(20,21)22/h1-7H,(H,24,26,28). The number of hydrogen-bond acceptors (Lipinski definition) is 4. The van der Waals surface area contributed by atoms with Crippen LogP contribution in [0.1, 0.15) is 21.5 Å². The van der Waals surface area contributed by atoms with Gasteiger partial charge in [0.15, 0.2) is 5.78 Å². The predicted molar refractivity (Wildman–Crippen MR) is 95.4 cm³/mol. The Balaban J connectivity index is 2.10. The molecule has 0 aliphatic carbocycles. The first-order chi connectivity index (χ1) is 13.1. The minimum Gasteiger partial charge on any atom is -0.289 e. The van der Waals surface area contributed by atoms with Gasteiger partial charge in [0.05, 0.1) is 21.3 Å². The highest BCUT2D eigenvalue weighted by Crippen LogP contribution is 2.35. The summed E-state index contributed by atoms with van der Waals surface area (Å²) in [5.74, 6) is -0.813. The Morgan fingerprint density at radius 2 is 1.71 bits per heavy atom. The van der Waals surface area contributed by atoms with Gasteiger partial charge in [-0.3, -0.25) is 14.6 Å². The molecule has 0 saturated carbocycles. The number of rotatable bonds is 3. The van der Waals surface area contributed by atoms with Crippen molar-refractivity contribution in [3.05, 3.63) is 90.2 Å². The van der Waals surface area contributed by atoms with E-state index < -0.39 is 33.8 Å². The van der Waals surface area contributed by atoms with Crippen molar-refractivity contribution in [2.45, 2.75) is 6.18 Å². The molecule has 1 aromatic heterocycles. The third-order valence-electron chi connectivity index (χ3n) is 3.69. The van der Waals surface area contributed by atoms with Crippen molar-refractivity contribution in [2.75, 3.05) is 0 Å². The molecule has 144 valence electrons. The van der Waals surface area contributed by atoms with Gasteiger partial charge < -0.3 is 0 Å². The zero-order valence-electron chi connectivity index (χ0n) is 13.6. The lowest BCUT2D eigenvalue weighted by Gasteiger charge is -2.12. The molecular weight excluding hydrogens is 422 g/mol. The van der Waals surface area contributed by atoms with Gasteiger partial charge in [-0.05, 0) is 36.4 Å². The molecule has 0 fully saturated rings. The van der Waals surface area contributed by atoms with Crippen LogP contribution in [0.5, 0.6) is 0 Å². The Bertz CT molecular complexity index is 1200. The smallest absolute Gasteiger partial charge is 0.289 e. The Morgan fingerprint density at radius 3 is 2.36 bits per heavy atom. The Kier molecular flexibility index (Phi) is 5.14. The van der Waals surface area contributed by atoms with Crippen molar-refractivity contribution in [1.82, 2.24) is 14.8 Å². The summed E-state index contributed by atoms with van der Waals surface area (Å²) in [5, 5.41) is 3.05. The van der Waals surface area contributed by atoms with Crippen LogP contribution in [0.2, 0.25) is 10.0 Å². The monoisotopic (exact) mass is 429 g/mol. The second-order valence-corrected chi connectivity index (χ2v) is 6.35.